The van der Waals surface area contributed by atoms with Gasteiger partial charge in [0.05, 0.1) is 5.69 Å². The number of fused-ring (bicyclic) bond motifs is 3. The summed E-state index contributed by atoms with van der Waals surface area (Å²) in [5, 5.41) is 3.82. The first-order valence-electron chi connectivity index (χ1n) is 17.8. The van der Waals surface area contributed by atoms with Gasteiger partial charge in [-0.15, -0.1) is 0 Å². The van der Waals surface area contributed by atoms with Gasteiger partial charge < -0.3 is 5.32 Å². The highest BCUT2D eigenvalue weighted by atomic mass is 14.9. The van der Waals surface area contributed by atoms with Crippen LogP contribution in [0.4, 0.5) is 0 Å². The fourth-order valence-corrected chi connectivity index (χ4v) is 7.26. The minimum Gasteiger partial charge on any atom is -0.384 e. The van der Waals surface area contributed by atoms with Gasteiger partial charge in [-0.25, -0.2) is 0 Å². The average Bonchev–Trinajstić information content (AvgIpc) is 3.42. The molecule has 0 saturated carbocycles. The molecule has 2 aromatic heterocycles. The molecule has 0 spiro atoms. The highest BCUT2D eigenvalue weighted by Gasteiger charge is 2.29. The van der Waals surface area contributed by atoms with Gasteiger partial charge in [0.15, 0.2) is 0 Å². The Morgan fingerprint density at radius 3 is 2.13 bits per heavy atom. The summed E-state index contributed by atoms with van der Waals surface area (Å²) in [4.78, 5) is 9.43. The summed E-state index contributed by atoms with van der Waals surface area (Å²) in [6.07, 6.45) is 20.7. The van der Waals surface area contributed by atoms with E-state index in [0.29, 0.717) is 0 Å². The molecule has 0 radical (unpaired) electrons. The molecule has 0 fully saturated rings. The van der Waals surface area contributed by atoms with Crippen LogP contribution in [0.15, 0.2) is 189 Å². The van der Waals surface area contributed by atoms with Crippen molar-refractivity contribution in [3.63, 3.8) is 0 Å². The molecule has 1 aliphatic heterocycles. The molecule has 6 aromatic rings. The van der Waals surface area contributed by atoms with E-state index >= 15 is 0 Å². The van der Waals surface area contributed by atoms with Gasteiger partial charge in [-0.1, -0.05) is 134 Å². The van der Waals surface area contributed by atoms with Crippen LogP contribution in [0.1, 0.15) is 40.8 Å². The van der Waals surface area contributed by atoms with Gasteiger partial charge in [-0.2, -0.15) is 0 Å². The van der Waals surface area contributed by atoms with Crippen molar-refractivity contribution in [1.29, 1.82) is 0 Å². The fraction of sp³-hybridized carbons (Fsp3) is 0.0612. The molecule has 1 unspecified atom stereocenters. The molecular formula is C49H39N3. The van der Waals surface area contributed by atoms with E-state index < -0.39 is 0 Å². The van der Waals surface area contributed by atoms with Crippen molar-refractivity contribution in [2.45, 2.75) is 12.8 Å². The predicted molar refractivity (Wildman–Crippen MR) is 219 cm³/mol. The molecule has 0 bridgehead atoms. The van der Waals surface area contributed by atoms with Crippen molar-refractivity contribution in [3.8, 4) is 33.4 Å². The Kier molecular flexibility index (Phi) is 9.23. The number of nitrogens with zero attached hydrogens (tertiary/aromatic N) is 2. The summed E-state index contributed by atoms with van der Waals surface area (Å²) in [5.74, 6) is 0.0794. The molecule has 1 atom stereocenters. The SMILES string of the molecule is C=C/C(=C\C=C/C)c1cc(-c2ccc(C3=C4C=Cc5c(-c6ccccc6)ccnc5C4CNC(c4ccccc4)=C3)cc2)cc(-c2cccnc2)c1. The molecule has 0 saturated heterocycles. The lowest BCUT2D eigenvalue weighted by atomic mass is 9.81. The van der Waals surface area contributed by atoms with Crippen molar-refractivity contribution >= 4 is 22.9 Å². The summed E-state index contributed by atoms with van der Waals surface area (Å²) in [7, 11) is 0. The van der Waals surface area contributed by atoms with Crippen LogP contribution >= 0.6 is 0 Å². The maximum atomic E-state index is 5.02. The zero-order valence-electron chi connectivity index (χ0n) is 29.2. The van der Waals surface area contributed by atoms with E-state index in [1.54, 1.807) is 0 Å². The van der Waals surface area contributed by atoms with E-state index in [-0.39, 0.29) is 5.92 Å². The Morgan fingerprint density at radius 1 is 0.712 bits per heavy atom. The van der Waals surface area contributed by atoms with Crippen LogP contribution in [0, 0.1) is 0 Å². The number of allylic oxidation sites excluding steroid dienone is 8. The lowest BCUT2D eigenvalue weighted by Gasteiger charge is -2.26. The van der Waals surface area contributed by atoms with Gasteiger partial charge in [0.25, 0.3) is 0 Å². The lowest BCUT2D eigenvalue weighted by molar-refractivity contribution is 0.725. The van der Waals surface area contributed by atoms with Crippen LogP contribution in [0.2, 0.25) is 0 Å². The van der Waals surface area contributed by atoms with Crippen LogP contribution in [0.25, 0.3) is 56.3 Å². The molecular weight excluding hydrogens is 631 g/mol. The van der Waals surface area contributed by atoms with Gasteiger partial charge in [0, 0.05) is 47.9 Å². The maximum absolute atomic E-state index is 5.02. The molecule has 0 amide bonds. The maximum Gasteiger partial charge on any atom is 0.0574 e. The molecule has 52 heavy (non-hydrogen) atoms. The Labute approximate surface area is 306 Å². The van der Waals surface area contributed by atoms with Gasteiger partial charge in [0.2, 0.25) is 0 Å². The van der Waals surface area contributed by atoms with Gasteiger partial charge >= 0.3 is 0 Å². The van der Waals surface area contributed by atoms with E-state index in [4.69, 9.17) is 4.98 Å². The third kappa shape index (κ3) is 6.53. The van der Waals surface area contributed by atoms with Crippen molar-refractivity contribution in [2.75, 3.05) is 6.54 Å². The Bertz CT molecular complexity index is 2400. The number of rotatable bonds is 8. The minimum absolute atomic E-state index is 0.0794. The van der Waals surface area contributed by atoms with Crippen molar-refractivity contribution < 1.29 is 0 Å². The van der Waals surface area contributed by atoms with E-state index in [9.17, 15) is 0 Å². The van der Waals surface area contributed by atoms with Crippen LogP contribution in [-0.2, 0) is 0 Å². The molecule has 250 valence electrons. The lowest BCUT2D eigenvalue weighted by Crippen LogP contribution is -2.23. The van der Waals surface area contributed by atoms with Crippen molar-refractivity contribution in [2.24, 2.45) is 0 Å². The number of hydrogen-bond acceptors (Lipinski definition) is 3. The Hall–Kier alpha value is -6.58. The third-order valence-corrected chi connectivity index (χ3v) is 9.90. The smallest absolute Gasteiger partial charge is 0.0574 e. The largest absolute Gasteiger partial charge is 0.384 e. The standard InChI is InChI=1S/C49H39N3/c1-3-5-13-34(4-2)40-28-41(30-42(29-40)39-18-12-26-50-32-39)35-19-21-37(22-20-35)46-31-48(38-16-10-7-11-17-38)52-33-47-44(46)23-24-45-43(25-27-51-49(45)47)36-14-8-6-9-15-36/h3-32,47,52H,2,33H2,1H3/b5-3-,34-13+. The third-order valence-electron chi connectivity index (χ3n) is 9.90. The second kappa shape index (κ2) is 14.7. The number of hydrogen-bond donors (Lipinski definition) is 1. The second-order valence-corrected chi connectivity index (χ2v) is 13.1. The molecule has 2 aliphatic rings. The highest BCUT2D eigenvalue weighted by Crippen LogP contribution is 2.43. The monoisotopic (exact) mass is 669 g/mol. The predicted octanol–water partition coefficient (Wildman–Crippen LogP) is 11.8. The first kappa shape index (κ1) is 32.6. The topological polar surface area (TPSA) is 37.8 Å². The highest BCUT2D eigenvalue weighted by molar-refractivity contribution is 5.92. The molecule has 1 aliphatic carbocycles. The quantitative estimate of drug-likeness (QED) is 0.164. The first-order chi connectivity index (χ1) is 25.7. The van der Waals surface area contributed by atoms with Crippen LogP contribution in [0.5, 0.6) is 0 Å². The van der Waals surface area contributed by atoms with E-state index in [2.05, 4.69) is 163 Å². The molecule has 4 aromatic carbocycles. The van der Waals surface area contributed by atoms with Crippen molar-refractivity contribution in [3.05, 3.63) is 216 Å². The summed E-state index contributed by atoms with van der Waals surface area (Å²) in [6.45, 7) is 6.89. The Morgan fingerprint density at radius 2 is 1.42 bits per heavy atom. The average molecular weight is 670 g/mol. The molecule has 3 heteroatoms. The number of benzene rings is 4. The Balaban J connectivity index is 1.24. The van der Waals surface area contributed by atoms with Gasteiger partial charge in [-0.05, 0) is 105 Å². The summed E-state index contributed by atoms with van der Waals surface area (Å²) in [5.41, 5.74) is 17.2. The summed E-state index contributed by atoms with van der Waals surface area (Å²) in [6, 6.07) is 43.2. The van der Waals surface area contributed by atoms with E-state index in [0.717, 1.165) is 62.5 Å². The first-order valence-corrected chi connectivity index (χ1v) is 17.8. The van der Waals surface area contributed by atoms with Crippen molar-refractivity contribution in [1.82, 2.24) is 15.3 Å². The zero-order valence-corrected chi connectivity index (χ0v) is 29.2. The van der Waals surface area contributed by atoms with Gasteiger partial charge in [0.1, 0.15) is 0 Å². The molecule has 8 rings (SSSR count). The zero-order chi connectivity index (χ0) is 35.3. The summed E-state index contributed by atoms with van der Waals surface area (Å²) < 4.78 is 0. The van der Waals surface area contributed by atoms with Crippen LogP contribution in [-0.4, -0.2) is 16.5 Å². The number of nitrogens with one attached hydrogen (secondary N) is 1. The number of aromatic nitrogens is 2. The van der Waals surface area contributed by atoms with Gasteiger partial charge in [-0.3, -0.25) is 9.97 Å². The van der Waals surface area contributed by atoms with E-state index in [1.165, 1.54) is 27.8 Å². The minimum atomic E-state index is 0.0794. The van der Waals surface area contributed by atoms with Crippen LogP contribution < -0.4 is 5.32 Å². The van der Waals surface area contributed by atoms with E-state index in [1.807, 2.05) is 43.7 Å². The second-order valence-electron chi connectivity index (χ2n) is 13.1. The molecule has 1 N–H and O–H groups in total. The summed E-state index contributed by atoms with van der Waals surface area (Å²) >= 11 is 0. The molecule has 3 nitrogen and oxygen atoms in total. The van der Waals surface area contributed by atoms with Crippen LogP contribution in [0.3, 0.4) is 0 Å². The number of pyridine rings is 2. The fourth-order valence-electron chi connectivity index (χ4n) is 7.26. The molecule has 3 heterocycles. The normalized spacial score (nSPS) is 15.4.